The number of hydrogen-bond acceptors (Lipinski definition) is 6. The van der Waals surface area contributed by atoms with Crippen LogP contribution >= 0.6 is 0 Å². The first kappa shape index (κ1) is 18.5. The number of hydrogen-bond donors (Lipinski definition) is 2. The normalized spacial score (nSPS) is 10.6. The Kier molecular flexibility index (Phi) is 6.59. The van der Waals surface area contributed by atoms with Crippen molar-refractivity contribution in [2.45, 2.75) is 13.3 Å². The minimum atomic E-state index is -0.233. The van der Waals surface area contributed by atoms with Crippen molar-refractivity contribution < 1.29 is 9.59 Å². The molecule has 25 heavy (non-hydrogen) atoms. The molecule has 1 aromatic heterocycles. The van der Waals surface area contributed by atoms with Gasteiger partial charge in [0.05, 0.1) is 12.4 Å². The van der Waals surface area contributed by atoms with Crippen molar-refractivity contribution in [2.24, 2.45) is 0 Å². The Labute approximate surface area is 147 Å². The van der Waals surface area contributed by atoms with E-state index in [2.05, 4.69) is 25.5 Å². The predicted octanol–water partition coefficient (Wildman–Crippen LogP) is 2.10. The van der Waals surface area contributed by atoms with Crippen LogP contribution in [0.2, 0.25) is 0 Å². The zero-order chi connectivity index (χ0) is 18.2. The fraction of sp³-hybridized carbons (Fsp3) is 0.333. The minimum absolute atomic E-state index is 0.0206. The van der Waals surface area contributed by atoms with Gasteiger partial charge in [0.2, 0.25) is 0 Å². The van der Waals surface area contributed by atoms with E-state index in [9.17, 15) is 9.59 Å². The fourth-order valence-corrected chi connectivity index (χ4v) is 2.13. The van der Waals surface area contributed by atoms with E-state index in [1.165, 1.54) is 19.3 Å². The van der Waals surface area contributed by atoms with Gasteiger partial charge in [0.1, 0.15) is 11.5 Å². The molecule has 0 aliphatic carbocycles. The zero-order valence-electron chi connectivity index (χ0n) is 14.7. The van der Waals surface area contributed by atoms with Crippen molar-refractivity contribution in [3.63, 3.8) is 0 Å². The second kappa shape index (κ2) is 8.89. The molecule has 0 saturated heterocycles. The number of nitrogens with zero attached hydrogens (tertiary/aromatic N) is 3. The van der Waals surface area contributed by atoms with Crippen molar-refractivity contribution in [3.05, 3.63) is 47.9 Å². The number of nitrogens with one attached hydrogen (secondary N) is 2. The predicted molar refractivity (Wildman–Crippen MR) is 97.3 cm³/mol. The molecular weight excluding hydrogens is 318 g/mol. The van der Waals surface area contributed by atoms with E-state index in [0.717, 1.165) is 18.7 Å². The number of carbonyl (C=O) groups excluding carboxylic acids is 2. The summed E-state index contributed by atoms with van der Waals surface area (Å²) in [5, 5.41) is 5.90. The highest BCUT2D eigenvalue weighted by molar-refractivity contribution is 5.94. The lowest BCUT2D eigenvalue weighted by Gasteiger charge is -2.10. The van der Waals surface area contributed by atoms with Gasteiger partial charge in [-0.15, -0.1) is 0 Å². The van der Waals surface area contributed by atoms with Crippen molar-refractivity contribution in [2.75, 3.05) is 32.5 Å². The van der Waals surface area contributed by atoms with E-state index in [1.807, 2.05) is 14.1 Å². The van der Waals surface area contributed by atoms with E-state index in [-0.39, 0.29) is 17.4 Å². The van der Waals surface area contributed by atoms with E-state index < -0.39 is 0 Å². The van der Waals surface area contributed by atoms with Gasteiger partial charge in [-0.3, -0.25) is 9.59 Å². The lowest BCUT2D eigenvalue weighted by Crippen LogP contribution is -2.27. The Morgan fingerprint density at radius 3 is 2.36 bits per heavy atom. The van der Waals surface area contributed by atoms with Gasteiger partial charge in [-0.05, 0) is 58.3 Å². The summed E-state index contributed by atoms with van der Waals surface area (Å²) in [6.07, 6.45) is 3.82. The van der Waals surface area contributed by atoms with Crippen LogP contribution in [-0.2, 0) is 0 Å². The number of benzene rings is 1. The average molecular weight is 341 g/mol. The second-order valence-electron chi connectivity index (χ2n) is 5.96. The fourth-order valence-electron chi connectivity index (χ4n) is 2.13. The molecule has 132 valence electrons. The number of Topliss-reactive ketones (excluding diaryl/α,β-unsaturated/α-hetero) is 1. The van der Waals surface area contributed by atoms with Crippen LogP contribution in [0.4, 0.5) is 11.5 Å². The Morgan fingerprint density at radius 2 is 1.80 bits per heavy atom. The summed E-state index contributed by atoms with van der Waals surface area (Å²) in [4.78, 5) is 33.6. The molecule has 1 aromatic carbocycles. The number of anilines is 2. The number of carbonyl (C=O) groups is 2. The van der Waals surface area contributed by atoms with E-state index in [4.69, 9.17) is 0 Å². The van der Waals surface area contributed by atoms with Crippen molar-refractivity contribution in [1.29, 1.82) is 0 Å². The summed E-state index contributed by atoms with van der Waals surface area (Å²) in [6.45, 7) is 3.04. The number of amides is 1. The van der Waals surface area contributed by atoms with Crippen LogP contribution < -0.4 is 10.6 Å². The number of aromatic nitrogens is 2. The third kappa shape index (κ3) is 5.96. The maximum absolute atomic E-state index is 12.0. The monoisotopic (exact) mass is 341 g/mol. The topological polar surface area (TPSA) is 87.2 Å². The van der Waals surface area contributed by atoms with Gasteiger partial charge in [0.15, 0.2) is 5.78 Å². The molecule has 1 amide bonds. The summed E-state index contributed by atoms with van der Waals surface area (Å²) in [7, 11) is 3.99. The van der Waals surface area contributed by atoms with Crippen LogP contribution in [0.1, 0.15) is 34.2 Å². The maximum atomic E-state index is 12.0. The molecular formula is C18H23N5O2. The summed E-state index contributed by atoms with van der Waals surface area (Å²) in [5.74, 6) is 0.315. The first-order valence-electron chi connectivity index (χ1n) is 8.08. The van der Waals surface area contributed by atoms with Gasteiger partial charge in [0.25, 0.3) is 5.91 Å². The van der Waals surface area contributed by atoms with Gasteiger partial charge in [0, 0.05) is 17.8 Å². The summed E-state index contributed by atoms with van der Waals surface area (Å²) in [5.41, 5.74) is 1.72. The van der Waals surface area contributed by atoms with E-state index >= 15 is 0 Å². The largest absolute Gasteiger partial charge is 0.351 e. The lowest BCUT2D eigenvalue weighted by molar-refractivity contribution is 0.0946. The quantitative estimate of drug-likeness (QED) is 0.565. The SMILES string of the molecule is CC(=O)c1ccc(Nc2cnc(C(=O)NCCCN(C)C)cn2)cc1. The second-order valence-corrected chi connectivity index (χ2v) is 5.96. The van der Waals surface area contributed by atoms with Crippen LogP contribution in [0.15, 0.2) is 36.7 Å². The summed E-state index contributed by atoms with van der Waals surface area (Å²) < 4.78 is 0. The molecule has 0 unspecified atom stereocenters. The van der Waals surface area contributed by atoms with Gasteiger partial charge in [-0.1, -0.05) is 0 Å². The van der Waals surface area contributed by atoms with Gasteiger partial charge < -0.3 is 15.5 Å². The molecule has 1 heterocycles. The molecule has 0 aliphatic heterocycles. The Balaban J connectivity index is 1.88. The standard InChI is InChI=1S/C18H23N5O2/c1-13(24)14-5-7-15(8-6-14)22-17-12-20-16(11-21-17)18(25)19-9-4-10-23(2)3/h5-8,11-12H,4,9-10H2,1-3H3,(H,19,25)(H,21,22). The molecule has 0 saturated carbocycles. The van der Waals surface area contributed by atoms with Crippen LogP contribution in [0, 0.1) is 0 Å². The highest BCUT2D eigenvalue weighted by Crippen LogP contribution is 2.15. The highest BCUT2D eigenvalue weighted by Gasteiger charge is 2.07. The summed E-state index contributed by atoms with van der Waals surface area (Å²) >= 11 is 0. The zero-order valence-corrected chi connectivity index (χ0v) is 14.7. The third-order valence-electron chi connectivity index (χ3n) is 3.52. The molecule has 0 fully saturated rings. The van der Waals surface area contributed by atoms with Crippen molar-refractivity contribution in [1.82, 2.24) is 20.2 Å². The Hall–Kier alpha value is -2.80. The van der Waals surface area contributed by atoms with E-state index in [0.29, 0.717) is 17.9 Å². The molecule has 0 atom stereocenters. The maximum Gasteiger partial charge on any atom is 0.271 e. The van der Waals surface area contributed by atoms with Crippen LogP contribution in [0.5, 0.6) is 0 Å². The smallest absolute Gasteiger partial charge is 0.271 e. The lowest BCUT2D eigenvalue weighted by atomic mass is 10.1. The molecule has 2 rings (SSSR count). The van der Waals surface area contributed by atoms with Crippen molar-refractivity contribution >= 4 is 23.2 Å². The van der Waals surface area contributed by atoms with Crippen LogP contribution in [0.3, 0.4) is 0 Å². The molecule has 0 aliphatic rings. The molecule has 7 heteroatoms. The van der Waals surface area contributed by atoms with Crippen LogP contribution in [0.25, 0.3) is 0 Å². The number of rotatable bonds is 8. The van der Waals surface area contributed by atoms with Gasteiger partial charge in [-0.2, -0.15) is 0 Å². The Morgan fingerprint density at radius 1 is 1.08 bits per heavy atom. The minimum Gasteiger partial charge on any atom is -0.351 e. The first-order chi connectivity index (χ1) is 12.0. The molecule has 0 radical (unpaired) electrons. The third-order valence-corrected chi connectivity index (χ3v) is 3.52. The molecule has 2 aromatic rings. The van der Waals surface area contributed by atoms with E-state index in [1.54, 1.807) is 24.3 Å². The van der Waals surface area contributed by atoms with Crippen LogP contribution in [-0.4, -0.2) is 53.7 Å². The Bertz CT molecular complexity index is 711. The van der Waals surface area contributed by atoms with Gasteiger partial charge in [-0.25, -0.2) is 9.97 Å². The summed E-state index contributed by atoms with van der Waals surface area (Å²) in [6, 6.07) is 7.08. The molecule has 2 N–H and O–H groups in total. The first-order valence-corrected chi connectivity index (χ1v) is 8.08. The van der Waals surface area contributed by atoms with Gasteiger partial charge >= 0.3 is 0 Å². The average Bonchev–Trinajstić information content (AvgIpc) is 2.59. The molecule has 7 nitrogen and oxygen atoms in total. The molecule has 0 spiro atoms. The highest BCUT2D eigenvalue weighted by atomic mass is 16.1. The number of ketones is 1. The van der Waals surface area contributed by atoms with Crippen molar-refractivity contribution in [3.8, 4) is 0 Å². The molecule has 0 bridgehead atoms.